The second kappa shape index (κ2) is 6.41. The largest absolute Gasteiger partial charge is 0.352 e. The first-order valence-corrected chi connectivity index (χ1v) is 7.22. The predicted molar refractivity (Wildman–Crippen MR) is 74.7 cm³/mol. The molecule has 0 aliphatic carbocycles. The van der Waals surface area contributed by atoms with Crippen LogP contribution in [0.4, 0.5) is 0 Å². The molecular formula is C13H20ClNOS. The Labute approximate surface area is 112 Å². The van der Waals surface area contributed by atoms with Gasteiger partial charge in [0.1, 0.15) is 0 Å². The summed E-state index contributed by atoms with van der Waals surface area (Å²) in [6.45, 7) is 6.36. The van der Waals surface area contributed by atoms with E-state index >= 15 is 0 Å². The van der Waals surface area contributed by atoms with E-state index in [0.717, 1.165) is 11.3 Å². The summed E-state index contributed by atoms with van der Waals surface area (Å²) in [6, 6.07) is 4.08. The molecule has 2 nitrogen and oxygen atoms in total. The van der Waals surface area contributed by atoms with Crippen LogP contribution in [0.5, 0.6) is 0 Å². The number of halogens is 1. The van der Waals surface area contributed by atoms with E-state index in [1.807, 2.05) is 17.5 Å². The highest BCUT2D eigenvalue weighted by Gasteiger charge is 2.25. The first-order valence-electron chi connectivity index (χ1n) is 5.81. The predicted octanol–water partition coefficient (Wildman–Crippen LogP) is 3.45. The minimum Gasteiger partial charge on any atom is -0.352 e. The average molecular weight is 274 g/mol. The van der Waals surface area contributed by atoms with Crippen molar-refractivity contribution in [2.75, 3.05) is 5.88 Å². The smallest absolute Gasteiger partial charge is 0.225 e. The van der Waals surface area contributed by atoms with Gasteiger partial charge in [-0.3, -0.25) is 4.79 Å². The standard InChI is InChI=1S/C13H20ClNOS/c1-13(2,3)11(6-7-14)15-12(16)9-10-5-4-8-17-10/h4-5,8,11H,6-7,9H2,1-3H3,(H,15,16). The van der Waals surface area contributed by atoms with Crippen LogP contribution in [0.3, 0.4) is 0 Å². The van der Waals surface area contributed by atoms with Gasteiger partial charge in [-0.1, -0.05) is 26.8 Å². The van der Waals surface area contributed by atoms with E-state index in [4.69, 9.17) is 11.6 Å². The minimum atomic E-state index is 0.0417. The molecule has 1 rings (SSSR count). The zero-order valence-electron chi connectivity index (χ0n) is 10.6. The highest BCUT2D eigenvalue weighted by molar-refractivity contribution is 7.10. The lowest BCUT2D eigenvalue weighted by Crippen LogP contribution is -2.44. The molecule has 1 aromatic rings. The van der Waals surface area contributed by atoms with E-state index in [-0.39, 0.29) is 17.4 Å². The van der Waals surface area contributed by atoms with E-state index in [2.05, 4.69) is 26.1 Å². The Morgan fingerprint density at radius 1 is 1.53 bits per heavy atom. The number of hydrogen-bond donors (Lipinski definition) is 1. The Bertz CT molecular complexity index is 343. The molecule has 1 atom stereocenters. The highest BCUT2D eigenvalue weighted by Crippen LogP contribution is 2.22. The van der Waals surface area contributed by atoms with Gasteiger partial charge in [0.05, 0.1) is 6.42 Å². The molecule has 96 valence electrons. The molecule has 0 spiro atoms. The van der Waals surface area contributed by atoms with E-state index < -0.39 is 0 Å². The summed E-state index contributed by atoms with van der Waals surface area (Å²) in [5, 5.41) is 5.07. The van der Waals surface area contributed by atoms with Crippen LogP contribution in [-0.2, 0) is 11.2 Å². The lowest BCUT2D eigenvalue weighted by atomic mass is 9.85. The number of alkyl halides is 1. The first kappa shape index (κ1) is 14.5. The molecule has 1 heterocycles. The number of nitrogens with one attached hydrogen (secondary N) is 1. The van der Waals surface area contributed by atoms with Crippen LogP contribution in [-0.4, -0.2) is 17.8 Å². The van der Waals surface area contributed by atoms with Gasteiger partial charge in [0.15, 0.2) is 0 Å². The Kier molecular flexibility index (Phi) is 5.47. The molecule has 1 amide bonds. The van der Waals surface area contributed by atoms with E-state index in [0.29, 0.717) is 12.3 Å². The Morgan fingerprint density at radius 3 is 2.71 bits per heavy atom. The van der Waals surface area contributed by atoms with Crippen LogP contribution in [0.15, 0.2) is 17.5 Å². The third kappa shape index (κ3) is 5.09. The van der Waals surface area contributed by atoms with Gasteiger partial charge in [-0.05, 0) is 23.3 Å². The molecule has 17 heavy (non-hydrogen) atoms. The summed E-state index contributed by atoms with van der Waals surface area (Å²) < 4.78 is 0. The van der Waals surface area contributed by atoms with E-state index in [1.165, 1.54) is 0 Å². The molecular weight excluding hydrogens is 254 g/mol. The van der Waals surface area contributed by atoms with Crippen LogP contribution >= 0.6 is 22.9 Å². The Morgan fingerprint density at radius 2 is 2.24 bits per heavy atom. The number of amides is 1. The summed E-state index contributed by atoms with van der Waals surface area (Å²) in [4.78, 5) is 13.0. The summed E-state index contributed by atoms with van der Waals surface area (Å²) >= 11 is 7.39. The van der Waals surface area contributed by atoms with Crippen molar-refractivity contribution in [3.63, 3.8) is 0 Å². The summed E-state index contributed by atoms with van der Waals surface area (Å²) in [5.41, 5.74) is 0.0417. The molecule has 0 fully saturated rings. The van der Waals surface area contributed by atoms with Crippen molar-refractivity contribution in [1.29, 1.82) is 0 Å². The van der Waals surface area contributed by atoms with Gasteiger partial charge in [-0.15, -0.1) is 22.9 Å². The number of thiophene rings is 1. The number of carbonyl (C=O) groups excluding carboxylic acids is 1. The van der Waals surface area contributed by atoms with Gasteiger partial charge in [-0.2, -0.15) is 0 Å². The average Bonchev–Trinajstić information content (AvgIpc) is 2.68. The molecule has 1 aromatic heterocycles. The molecule has 0 aliphatic heterocycles. The SMILES string of the molecule is CC(C)(C)C(CCCl)NC(=O)Cc1cccs1. The maximum absolute atomic E-state index is 11.9. The Balaban J connectivity index is 2.52. The van der Waals surface area contributed by atoms with Gasteiger partial charge in [-0.25, -0.2) is 0 Å². The van der Waals surface area contributed by atoms with Crippen molar-refractivity contribution in [2.24, 2.45) is 5.41 Å². The van der Waals surface area contributed by atoms with Crippen LogP contribution in [0.25, 0.3) is 0 Å². The van der Waals surface area contributed by atoms with Crippen LogP contribution in [0.1, 0.15) is 32.1 Å². The summed E-state index contributed by atoms with van der Waals surface area (Å²) in [5.74, 6) is 0.652. The molecule has 0 aromatic carbocycles. The highest BCUT2D eigenvalue weighted by atomic mass is 35.5. The molecule has 0 radical (unpaired) electrons. The first-order chi connectivity index (χ1) is 7.93. The topological polar surface area (TPSA) is 29.1 Å². The second-order valence-electron chi connectivity index (χ2n) is 5.22. The fourth-order valence-electron chi connectivity index (χ4n) is 1.65. The van der Waals surface area contributed by atoms with Gasteiger partial charge >= 0.3 is 0 Å². The normalized spacial score (nSPS) is 13.4. The van der Waals surface area contributed by atoms with Crippen molar-refractivity contribution in [3.05, 3.63) is 22.4 Å². The van der Waals surface area contributed by atoms with Crippen LogP contribution < -0.4 is 5.32 Å². The lowest BCUT2D eigenvalue weighted by Gasteiger charge is -2.31. The van der Waals surface area contributed by atoms with Crippen molar-refractivity contribution in [3.8, 4) is 0 Å². The van der Waals surface area contributed by atoms with Crippen molar-refractivity contribution < 1.29 is 4.79 Å². The maximum Gasteiger partial charge on any atom is 0.225 e. The molecule has 0 aliphatic rings. The minimum absolute atomic E-state index is 0.0417. The molecule has 4 heteroatoms. The maximum atomic E-state index is 11.9. The third-order valence-electron chi connectivity index (χ3n) is 2.69. The zero-order chi connectivity index (χ0) is 12.9. The van der Waals surface area contributed by atoms with E-state index in [1.54, 1.807) is 11.3 Å². The fourth-order valence-corrected chi connectivity index (χ4v) is 2.57. The Hall–Kier alpha value is -0.540. The number of rotatable bonds is 5. The molecule has 0 bridgehead atoms. The quantitative estimate of drug-likeness (QED) is 0.818. The third-order valence-corrected chi connectivity index (χ3v) is 3.79. The van der Waals surface area contributed by atoms with Gasteiger partial charge in [0.25, 0.3) is 0 Å². The lowest BCUT2D eigenvalue weighted by molar-refractivity contribution is -0.121. The van der Waals surface area contributed by atoms with Crippen LogP contribution in [0, 0.1) is 5.41 Å². The van der Waals surface area contributed by atoms with Gasteiger partial charge in [0.2, 0.25) is 5.91 Å². The van der Waals surface area contributed by atoms with Crippen molar-refractivity contribution in [2.45, 2.75) is 39.7 Å². The summed E-state index contributed by atoms with van der Waals surface area (Å²) in [7, 11) is 0. The molecule has 1 unspecified atom stereocenters. The van der Waals surface area contributed by atoms with Crippen molar-refractivity contribution in [1.82, 2.24) is 5.32 Å². The molecule has 1 N–H and O–H groups in total. The fraction of sp³-hybridized carbons (Fsp3) is 0.615. The van der Waals surface area contributed by atoms with Gasteiger partial charge < -0.3 is 5.32 Å². The van der Waals surface area contributed by atoms with E-state index in [9.17, 15) is 4.79 Å². The van der Waals surface area contributed by atoms with Crippen molar-refractivity contribution >= 4 is 28.8 Å². The van der Waals surface area contributed by atoms with Crippen LogP contribution in [0.2, 0.25) is 0 Å². The molecule has 0 saturated heterocycles. The molecule has 0 saturated carbocycles. The number of carbonyl (C=O) groups is 1. The second-order valence-corrected chi connectivity index (χ2v) is 6.63. The van der Waals surface area contributed by atoms with Gasteiger partial charge in [0, 0.05) is 16.8 Å². The monoisotopic (exact) mass is 273 g/mol. The number of hydrogen-bond acceptors (Lipinski definition) is 2. The summed E-state index contributed by atoms with van der Waals surface area (Å²) in [6.07, 6.45) is 1.27. The zero-order valence-corrected chi connectivity index (χ0v) is 12.2.